The second kappa shape index (κ2) is 13.6. The Balaban J connectivity index is 1.42. The van der Waals surface area contributed by atoms with E-state index in [0.29, 0.717) is 23.4 Å². The topological polar surface area (TPSA) is 61.9 Å². The number of carbonyl (C=O) groups is 2. The largest absolute Gasteiger partial charge is 0.416 e. The van der Waals surface area contributed by atoms with Crippen LogP contribution >= 0.6 is 0 Å². The second-order valence-corrected chi connectivity index (χ2v) is 9.90. The van der Waals surface area contributed by atoms with E-state index in [-0.39, 0.29) is 24.8 Å². The zero-order valence-electron chi connectivity index (χ0n) is 22.5. The van der Waals surface area contributed by atoms with Crippen LogP contribution in [-0.4, -0.2) is 56.1 Å². The summed E-state index contributed by atoms with van der Waals surface area (Å²) in [4.78, 5) is 29.9. The Bertz CT molecular complexity index is 1270. The molecule has 9 heteroatoms. The van der Waals surface area contributed by atoms with Gasteiger partial charge in [-0.3, -0.25) is 14.5 Å². The van der Waals surface area contributed by atoms with Gasteiger partial charge >= 0.3 is 6.18 Å². The third-order valence-electron chi connectivity index (χ3n) is 6.93. The Labute approximate surface area is 232 Å². The summed E-state index contributed by atoms with van der Waals surface area (Å²) in [5, 5.41) is 2.96. The normalized spacial score (nSPS) is 14.1. The Morgan fingerprint density at radius 1 is 0.925 bits per heavy atom. The van der Waals surface area contributed by atoms with Crippen molar-refractivity contribution in [2.45, 2.75) is 32.5 Å². The van der Waals surface area contributed by atoms with E-state index < -0.39 is 11.7 Å². The summed E-state index contributed by atoms with van der Waals surface area (Å²) in [5.41, 5.74) is 2.52. The van der Waals surface area contributed by atoms with E-state index in [1.807, 2.05) is 19.1 Å². The molecule has 3 aromatic rings. The van der Waals surface area contributed by atoms with Crippen molar-refractivity contribution in [2.24, 2.45) is 0 Å². The minimum atomic E-state index is -4.43. The van der Waals surface area contributed by atoms with E-state index in [1.165, 1.54) is 12.1 Å². The van der Waals surface area contributed by atoms with Gasteiger partial charge in [0.05, 0.1) is 31.7 Å². The maximum atomic E-state index is 13.6. The lowest BCUT2D eigenvalue weighted by atomic mass is 10.0. The van der Waals surface area contributed by atoms with Crippen LogP contribution in [0.25, 0.3) is 0 Å². The molecular formula is C31H34F3N3O3. The highest BCUT2D eigenvalue weighted by Gasteiger charge is 2.30. The zero-order valence-corrected chi connectivity index (χ0v) is 22.5. The Hall–Kier alpha value is -3.69. The molecule has 1 N–H and O–H groups in total. The first kappa shape index (κ1) is 29.3. The number of alkyl halides is 3. The van der Waals surface area contributed by atoms with Crippen molar-refractivity contribution in [3.05, 3.63) is 101 Å². The number of rotatable bonds is 10. The van der Waals surface area contributed by atoms with Gasteiger partial charge in [-0.25, -0.2) is 0 Å². The Morgan fingerprint density at radius 2 is 1.57 bits per heavy atom. The predicted octanol–water partition coefficient (Wildman–Crippen LogP) is 5.24. The van der Waals surface area contributed by atoms with Gasteiger partial charge in [0, 0.05) is 30.9 Å². The number of nitrogens with one attached hydrogen (secondary N) is 1. The summed E-state index contributed by atoms with van der Waals surface area (Å²) in [7, 11) is 0. The highest BCUT2D eigenvalue weighted by molar-refractivity contribution is 6.07. The zero-order chi connectivity index (χ0) is 28.5. The molecule has 6 nitrogen and oxygen atoms in total. The summed E-state index contributed by atoms with van der Waals surface area (Å²) in [6.45, 7) is 6.79. The van der Waals surface area contributed by atoms with E-state index in [0.717, 1.165) is 62.5 Å². The number of anilines is 1. The lowest BCUT2D eigenvalue weighted by Gasteiger charge is -2.26. The van der Waals surface area contributed by atoms with Gasteiger partial charge < -0.3 is 15.0 Å². The predicted molar refractivity (Wildman–Crippen MR) is 148 cm³/mol. The maximum Gasteiger partial charge on any atom is 0.416 e. The van der Waals surface area contributed by atoms with Crippen LogP contribution in [-0.2, 0) is 28.7 Å². The molecule has 1 aliphatic heterocycles. The van der Waals surface area contributed by atoms with E-state index in [1.54, 1.807) is 41.3 Å². The minimum absolute atomic E-state index is 0.0766. The maximum absolute atomic E-state index is 13.6. The summed E-state index contributed by atoms with van der Waals surface area (Å²) < 4.78 is 44.5. The number of morpholine rings is 1. The van der Waals surface area contributed by atoms with E-state index in [2.05, 4.69) is 10.2 Å². The molecule has 0 atom stereocenters. The molecule has 0 aromatic heterocycles. The quantitative estimate of drug-likeness (QED) is 0.349. The average molecular weight is 554 g/mol. The number of carbonyl (C=O) groups excluding carboxylic acids is 2. The van der Waals surface area contributed by atoms with Gasteiger partial charge in [0.1, 0.15) is 0 Å². The molecule has 2 amide bonds. The van der Waals surface area contributed by atoms with Gasteiger partial charge in [-0.05, 0) is 66.9 Å². The Morgan fingerprint density at radius 3 is 2.23 bits per heavy atom. The molecule has 0 radical (unpaired) electrons. The van der Waals surface area contributed by atoms with Crippen LogP contribution < -0.4 is 10.2 Å². The van der Waals surface area contributed by atoms with Crippen LogP contribution in [0.1, 0.15) is 39.0 Å². The monoisotopic (exact) mass is 553 g/mol. The first-order valence-electron chi connectivity index (χ1n) is 13.4. The Kier molecular flexibility index (Phi) is 9.95. The molecule has 0 spiro atoms. The van der Waals surface area contributed by atoms with Crippen molar-refractivity contribution >= 4 is 17.5 Å². The standard InChI is InChI=1S/C31H34F3N3O3/c1-23-5-2-3-6-28(23)30(39)37(22-25-7-11-26(12-8-25)31(32,33)34)27-13-9-24(10-14-27)21-29(38)35-15-4-16-36-17-19-40-20-18-36/h2-3,5-14H,4,15-22H2,1H3,(H,35,38). The van der Waals surface area contributed by atoms with Crippen LogP contribution in [0.5, 0.6) is 0 Å². The van der Waals surface area contributed by atoms with Crippen LogP contribution in [0, 0.1) is 6.92 Å². The lowest BCUT2D eigenvalue weighted by Crippen LogP contribution is -2.38. The SMILES string of the molecule is Cc1ccccc1C(=O)N(Cc1ccc(C(F)(F)F)cc1)c1ccc(CC(=O)NCCCN2CCOCC2)cc1. The van der Waals surface area contributed by atoms with Gasteiger partial charge in [-0.1, -0.05) is 42.5 Å². The molecule has 0 unspecified atom stereocenters. The molecule has 0 saturated carbocycles. The molecule has 1 aliphatic rings. The first-order valence-corrected chi connectivity index (χ1v) is 13.4. The lowest BCUT2D eigenvalue weighted by molar-refractivity contribution is -0.137. The van der Waals surface area contributed by atoms with Crippen molar-refractivity contribution in [3.8, 4) is 0 Å². The highest BCUT2D eigenvalue weighted by Crippen LogP contribution is 2.30. The summed E-state index contributed by atoms with van der Waals surface area (Å²) in [5.74, 6) is -0.337. The molecule has 1 fully saturated rings. The molecule has 0 bridgehead atoms. The fraction of sp³-hybridized carbons (Fsp3) is 0.355. The number of ether oxygens (including phenoxy) is 1. The van der Waals surface area contributed by atoms with Crippen molar-refractivity contribution in [2.75, 3.05) is 44.3 Å². The number of nitrogens with zero attached hydrogens (tertiary/aromatic N) is 2. The van der Waals surface area contributed by atoms with Crippen molar-refractivity contribution in [3.63, 3.8) is 0 Å². The molecule has 3 aromatic carbocycles. The smallest absolute Gasteiger partial charge is 0.379 e. The molecule has 1 saturated heterocycles. The van der Waals surface area contributed by atoms with E-state index in [9.17, 15) is 22.8 Å². The summed E-state index contributed by atoms with van der Waals surface area (Å²) in [6.07, 6.45) is -3.35. The molecule has 40 heavy (non-hydrogen) atoms. The number of hydrogen-bond donors (Lipinski definition) is 1. The number of halogens is 3. The first-order chi connectivity index (χ1) is 19.2. The van der Waals surface area contributed by atoms with Gasteiger partial charge in [-0.2, -0.15) is 13.2 Å². The summed E-state index contributed by atoms with van der Waals surface area (Å²) >= 11 is 0. The highest BCUT2D eigenvalue weighted by atomic mass is 19.4. The fourth-order valence-electron chi connectivity index (χ4n) is 4.62. The molecular weight excluding hydrogens is 519 g/mol. The third-order valence-corrected chi connectivity index (χ3v) is 6.93. The van der Waals surface area contributed by atoms with E-state index in [4.69, 9.17) is 4.74 Å². The number of aryl methyl sites for hydroxylation is 1. The van der Waals surface area contributed by atoms with Crippen molar-refractivity contribution in [1.29, 1.82) is 0 Å². The van der Waals surface area contributed by atoms with Gasteiger partial charge in [0.2, 0.25) is 5.91 Å². The van der Waals surface area contributed by atoms with Gasteiger partial charge in [0.25, 0.3) is 5.91 Å². The van der Waals surface area contributed by atoms with Gasteiger partial charge in [-0.15, -0.1) is 0 Å². The third kappa shape index (κ3) is 8.16. The van der Waals surface area contributed by atoms with Crippen LogP contribution in [0.15, 0.2) is 72.8 Å². The average Bonchev–Trinajstić information content (AvgIpc) is 2.95. The minimum Gasteiger partial charge on any atom is -0.379 e. The van der Waals surface area contributed by atoms with Crippen molar-refractivity contribution < 1.29 is 27.5 Å². The molecule has 1 heterocycles. The number of amides is 2. The second-order valence-electron chi connectivity index (χ2n) is 9.90. The molecule has 212 valence electrons. The number of benzene rings is 3. The molecule has 4 rings (SSSR count). The van der Waals surface area contributed by atoms with Crippen molar-refractivity contribution in [1.82, 2.24) is 10.2 Å². The van der Waals surface area contributed by atoms with Crippen LogP contribution in [0.4, 0.5) is 18.9 Å². The fourth-order valence-corrected chi connectivity index (χ4v) is 4.62. The number of hydrogen-bond acceptors (Lipinski definition) is 4. The molecule has 0 aliphatic carbocycles. The van der Waals surface area contributed by atoms with Crippen LogP contribution in [0.3, 0.4) is 0 Å². The van der Waals surface area contributed by atoms with Crippen LogP contribution in [0.2, 0.25) is 0 Å². The van der Waals surface area contributed by atoms with E-state index >= 15 is 0 Å². The van der Waals surface area contributed by atoms with Gasteiger partial charge in [0.15, 0.2) is 0 Å². The summed E-state index contributed by atoms with van der Waals surface area (Å²) in [6, 6.07) is 19.1.